The molecule has 1 heterocycles. The van der Waals surface area contributed by atoms with Crippen molar-refractivity contribution in [2.24, 2.45) is 5.73 Å². The van der Waals surface area contributed by atoms with Crippen LogP contribution < -0.4 is 5.73 Å². The van der Waals surface area contributed by atoms with Crippen LogP contribution in [0.2, 0.25) is 0 Å². The number of terminal acetylenes is 1. The highest BCUT2D eigenvalue weighted by Gasteiger charge is 2.30. The minimum absolute atomic E-state index is 0.248. The monoisotopic (exact) mass is 214 g/mol. The first kappa shape index (κ1) is 11.5. The lowest BCUT2D eigenvalue weighted by Gasteiger charge is -2.09. The zero-order valence-electron chi connectivity index (χ0n) is 7.75. The first-order chi connectivity index (χ1) is 6.95. The molecule has 1 aromatic rings. The standard InChI is InChI=1S/C10H9F3N2/c1-2-3-8(14)9-5-4-7(6-15-9)10(11,12)13/h1,4-6,8H,3,14H2. The highest BCUT2D eigenvalue weighted by Crippen LogP contribution is 2.28. The van der Waals surface area contributed by atoms with Crippen LogP contribution in [0.25, 0.3) is 0 Å². The van der Waals surface area contributed by atoms with E-state index in [0.29, 0.717) is 5.69 Å². The van der Waals surface area contributed by atoms with Crippen LogP contribution in [0.3, 0.4) is 0 Å². The van der Waals surface area contributed by atoms with Crippen LogP contribution in [0.15, 0.2) is 18.3 Å². The smallest absolute Gasteiger partial charge is 0.322 e. The number of halogens is 3. The Morgan fingerprint density at radius 1 is 1.47 bits per heavy atom. The van der Waals surface area contributed by atoms with Crippen LogP contribution in [0.1, 0.15) is 23.7 Å². The number of rotatable bonds is 2. The van der Waals surface area contributed by atoms with E-state index in [-0.39, 0.29) is 6.42 Å². The van der Waals surface area contributed by atoms with E-state index in [9.17, 15) is 13.2 Å². The molecule has 0 fully saturated rings. The predicted octanol–water partition coefficient (Wildman–Crippen LogP) is 2.12. The summed E-state index contributed by atoms with van der Waals surface area (Å²) in [4.78, 5) is 3.62. The SMILES string of the molecule is C#CCC(N)c1ccc(C(F)(F)F)cn1. The van der Waals surface area contributed by atoms with Gasteiger partial charge in [-0.1, -0.05) is 0 Å². The summed E-state index contributed by atoms with van der Waals surface area (Å²) in [5, 5.41) is 0. The van der Waals surface area contributed by atoms with E-state index < -0.39 is 17.8 Å². The number of hydrogen-bond donors (Lipinski definition) is 1. The van der Waals surface area contributed by atoms with E-state index in [2.05, 4.69) is 10.9 Å². The number of hydrogen-bond acceptors (Lipinski definition) is 2. The number of pyridine rings is 1. The lowest BCUT2D eigenvalue weighted by molar-refractivity contribution is -0.137. The lowest BCUT2D eigenvalue weighted by atomic mass is 10.1. The van der Waals surface area contributed by atoms with Crippen LogP contribution in [0.5, 0.6) is 0 Å². The van der Waals surface area contributed by atoms with Gasteiger partial charge in [0.25, 0.3) is 0 Å². The number of nitrogens with zero attached hydrogens (tertiary/aromatic N) is 1. The van der Waals surface area contributed by atoms with Crippen molar-refractivity contribution in [1.29, 1.82) is 0 Å². The van der Waals surface area contributed by atoms with E-state index in [4.69, 9.17) is 12.2 Å². The molecular formula is C10H9F3N2. The summed E-state index contributed by atoms with van der Waals surface area (Å²) in [6.45, 7) is 0. The minimum Gasteiger partial charge on any atom is -0.322 e. The molecule has 5 heteroatoms. The fourth-order valence-electron chi connectivity index (χ4n) is 1.02. The molecule has 1 atom stereocenters. The molecule has 0 aromatic carbocycles. The van der Waals surface area contributed by atoms with Crippen molar-refractivity contribution in [2.75, 3.05) is 0 Å². The van der Waals surface area contributed by atoms with Gasteiger partial charge in [0.05, 0.1) is 17.3 Å². The average molecular weight is 214 g/mol. The molecule has 0 radical (unpaired) electrons. The van der Waals surface area contributed by atoms with Crippen molar-refractivity contribution < 1.29 is 13.2 Å². The topological polar surface area (TPSA) is 38.9 Å². The zero-order valence-corrected chi connectivity index (χ0v) is 7.75. The Kier molecular flexibility index (Phi) is 3.32. The molecule has 1 unspecified atom stereocenters. The first-order valence-electron chi connectivity index (χ1n) is 4.17. The predicted molar refractivity (Wildman–Crippen MR) is 49.6 cm³/mol. The third-order valence-electron chi connectivity index (χ3n) is 1.83. The van der Waals surface area contributed by atoms with E-state index in [1.54, 1.807) is 0 Å². The summed E-state index contributed by atoms with van der Waals surface area (Å²) in [7, 11) is 0. The van der Waals surface area contributed by atoms with Gasteiger partial charge in [-0.25, -0.2) is 0 Å². The molecule has 0 amide bonds. The normalized spacial score (nSPS) is 13.3. The Balaban J connectivity index is 2.87. The number of nitrogens with two attached hydrogens (primary N) is 1. The lowest BCUT2D eigenvalue weighted by Crippen LogP contribution is -2.12. The molecule has 80 valence electrons. The van der Waals surface area contributed by atoms with Gasteiger partial charge in [0.1, 0.15) is 0 Å². The van der Waals surface area contributed by atoms with Crippen LogP contribution in [-0.4, -0.2) is 4.98 Å². The van der Waals surface area contributed by atoms with Gasteiger partial charge in [0.15, 0.2) is 0 Å². The van der Waals surface area contributed by atoms with Crippen LogP contribution in [0, 0.1) is 12.3 Å². The third kappa shape index (κ3) is 2.96. The third-order valence-corrected chi connectivity index (χ3v) is 1.83. The second-order valence-electron chi connectivity index (χ2n) is 2.98. The summed E-state index contributed by atoms with van der Waals surface area (Å²) in [5.74, 6) is 2.32. The van der Waals surface area contributed by atoms with E-state index in [1.807, 2.05) is 0 Å². The number of aromatic nitrogens is 1. The maximum atomic E-state index is 12.2. The van der Waals surface area contributed by atoms with Gasteiger partial charge in [-0.2, -0.15) is 13.2 Å². The Labute approximate surface area is 85.3 Å². The molecule has 2 nitrogen and oxygen atoms in total. The molecule has 0 bridgehead atoms. The molecule has 0 aliphatic carbocycles. The molecule has 0 saturated heterocycles. The molecule has 0 spiro atoms. The van der Waals surface area contributed by atoms with Gasteiger partial charge >= 0.3 is 6.18 Å². The molecule has 2 N–H and O–H groups in total. The molecule has 0 saturated carbocycles. The molecule has 15 heavy (non-hydrogen) atoms. The van der Waals surface area contributed by atoms with Crippen LogP contribution >= 0.6 is 0 Å². The van der Waals surface area contributed by atoms with Gasteiger partial charge in [-0.3, -0.25) is 4.98 Å². The van der Waals surface area contributed by atoms with Gasteiger partial charge in [0.2, 0.25) is 0 Å². The van der Waals surface area contributed by atoms with Gasteiger partial charge in [-0.15, -0.1) is 12.3 Å². The maximum Gasteiger partial charge on any atom is 0.417 e. The van der Waals surface area contributed by atoms with Crippen LogP contribution in [-0.2, 0) is 6.18 Å². The fraction of sp³-hybridized carbons (Fsp3) is 0.300. The summed E-state index contributed by atoms with van der Waals surface area (Å²) >= 11 is 0. The van der Waals surface area contributed by atoms with Gasteiger partial charge in [-0.05, 0) is 12.1 Å². The Morgan fingerprint density at radius 2 is 2.13 bits per heavy atom. The van der Waals surface area contributed by atoms with Crippen molar-refractivity contribution in [3.8, 4) is 12.3 Å². The maximum absolute atomic E-state index is 12.2. The van der Waals surface area contributed by atoms with E-state index in [0.717, 1.165) is 12.3 Å². The quantitative estimate of drug-likeness (QED) is 0.766. The Morgan fingerprint density at radius 3 is 2.53 bits per heavy atom. The molecular weight excluding hydrogens is 205 g/mol. The summed E-state index contributed by atoms with van der Waals surface area (Å²) < 4.78 is 36.5. The van der Waals surface area contributed by atoms with Gasteiger partial charge in [0, 0.05) is 12.6 Å². The molecule has 1 aromatic heterocycles. The molecule has 0 aliphatic heterocycles. The Bertz CT molecular complexity index is 362. The molecule has 1 rings (SSSR count). The van der Waals surface area contributed by atoms with Crippen LogP contribution in [0.4, 0.5) is 13.2 Å². The highest BCUT2D eigenvalue weighted by molar-refractivity contribution is 5.19. The Hall–Kier alpha value is -1.54. The second kappa shape index (κ2) is 4.32. The minimum atomic E-state index is -4.37. The van der Waals surface area contributed by atoms with Gasteiger partial charge < -0.3 is 5.73 Å². The van der Waals surface area contributed by atoms with E-state index in [1.165, 1.54) is 6.07 Å². The van der Waals surface area contributed by atoms with Crippen molar-refractivity contribution in [3.05, 3.63) is 29.6 Å². The summed E-state index contributed by atoms with van der Waals surface area (Å²) in [6, 6.07) is 1.67. The molecule has 0 aliphatic rings. The van der Waals surface area contributed by atoms with Crippen molar-refractivity contribution in [2.45, 2.75) is 18.6 Å². The summed E-state index contributed by atoms with van der Waals surface area (Å²) in [5.41, 5.74) is 5.15. The number of alkyl halides is 3. The van der Waals surface area contributed by atoms with Crippen molar-refractivity contribution >= 4 is 0 Å². The fourth-order valence-corrected chi connectivity index (χ4v) is 1.02. The zero-order chi connectivity index (χ0) is 11.5. The highest BCUT2D eigenvalue weighted by atomic mass is 19.4. The largest absolute Gasteiger partial charge is 0.417 e. The second-order valence-corrected chi connectivity index (χ2v) is 2.98. The average Bonchev–Trinajstić information content (AvgIpc) is 2.17. The first-order valence-corrected chi connectivity index (χ1v) is 4.17. The van der Waals surface area contributed by atoms with Crippen molar-refractivity contribution in [1.82, 2.24) is 4.98 Å². The summed E-state index contributed by atoms with van der Waals surface area (Å²) in [6.07, 6.45) is 1.66. The van der Waals surface area contributed by atoms with Crippen molar-refractivity contribution in [3.63, 3.8) is 0 Å². The van der Waals surface area contributed by atoms with E-state index >= 15 is 0 Å².